The Balaban J connectivity index is 1.52. The molecule has 198 valence electrons. The van der Waals surface area contributed by atoms with Crippen molar-refractivity contribution in [1.82, 2.24) is 25.2 Å². The van der Waals surface area contributed by atoms with Gasteiger partial charge in [0.05, 0.1) is 25.4 Å². The molecule has 38 heavy (non-hydrogen) atoms. The van der Waals surface area contributed by atoms with Gasteiger partial charge in [0.25, 0.3) is 0 Å². The van der Waals surface area contributed by atoms with E-state index < -0.39 is 6.04 Å². The Hall–Kier alpha value is -4.34. The quantitative estimate of drug-likeness (QED) is 0.345. The fraction of sp³-hybridized carbons (Fsp3) is 0.357. The summed E-state index contributed by atoms with van der Waals surface area (Å²) < 4.78 is 12.3. The van der Waals surface area contributed by atoms with Crippen molar-refractivity contribution in [2.24, 2.45) is 0 Å². The van der Waals surface area contributed by atoms with Crippen LogP contribution in [0.5, 0.6) is 11.5 Å². The summed E-state index contributed by atoms with van der Waals surface area (Å²) in [6.07, 6.45) is 6.56. The molecule has 10 nitrogen and oxygen atoms in total. The number of phenols is 1. The number of fused-ring (bicyclic) bond motifs is 1. The Bertz CT molecular complexity index is 1390. The third-order valence-electron chi connectivity index (χ3n) is 6.96. The third-order valence-corrected chi connectivity index (χ3v) is 6.96. The van der Waals surface area contributed by atoms with Crippen LogP contribution in [0.4, 0.5) is 0 Å². The summed E-state index contributed by atoms with van der Waals surface area (Å²) >= 11 is 0. The highest BCUT2D eigenvalue weighted by Crippen LogP contribution is 2.33. The van der Waals surface area contributed by atoms with E-state index in [4.69, 9.17) is 9.15 Å². The number of hydrogen-bond donors (Lipinski definition) is 2. The molecule has 1 saturated carbocycles. The molecular weight excluding hydrogens is 486 g/mol. The van der Waals surface area contributed by atoms with Crippen molar-refractivity contribution in [2.45, 2.75) is 57.3 Å². The van der Waals surface area contributed by atoms with Crippen LogP contribution in [0.1, 0.15) is 49.5 Å². The van der Waals surface area contributed by atoms with Gasteiger partial charge in [-0.3, -0.25) is 9.59 Å². The van der Waals surface area contributed by atoms with Gasteiger partial charge >= 0.3 is 0 Å². The average molecular weight is 518 g/mol. The molecule has 0 bridgehead atoms. The zero-order valence-corrected chi connectivity index (χ0v) is 21.2. The van der Waals surface area contributed by atoms with Gasteiger partial charge in [0.1, 0.15) is 23.9 Å². The number of methoxy groups -OCH3 is 1. The number of ether oxygens (including phenoxy) is 1. The Labute approximate surface area is 220 Å². The lowest BCUT2D eigenvalue weighted by molar-refractivity contribution is -0.142. The molecule has 5 rings (SSSR count). The smallest absolute Gasteiger partial charge is 0.247 e. The van der Waals surface area contributed by atoms with Gasteiger partial charge in [0.2, 0.25) is 11.8 Å². The van der Waals surface area contributed by atoms with Crippen molar-refractivity contribution in [3.63, 3.8) is 0 Å². The molecule has 2 N–H and O–H groups in total. The zero-order valence-electron chi connectivity index (χ0n) is 21.2. The monoisotopic (exact) mass is 517 g/mol. The van der Waals surface area contributed by atoms with Crippen LogP contribution in [0.15, 0.2) is 65.3 Å². The van der Waals surface area contributed by atoms with Crippen molar-refractivity contribution in [3.8, 4) is 11.5 Å². The van der Waals surface area contributed by atoms with Crippen LogP contribution in [-0.4, -0.2) is 50.0 Å². The van der Waals surface area contributed by atoms with E-state index in [1.54, 1.807) is 24.3 Å². The maximum atomic E-state index is 13.9. The predicted molar refractivity (Wildman–Crippen MR) is 139 cm³/mol. The van der Waals surface area contributed by atoms with Crippen molar-refractivity contribution in [1.29, 1.82) is 0 Å². The lowest BCUT2D eigenvalue weighted by atomic mass is 9.94. The molecule has 2 amide bonds. The first-order chi connectivity index (χ1) is 18.5. The first kappa shape index (κ1) is 25.3. The molecule has 1 aliphatic carbocycles. The second-order valence-electron chi connectivity index (χ2n) is 9.51. The van der Waals surface area contributed by atoms with E-state index in [-0.39, 0.29) is 42.4 Å². The molecule has 1 atom stereocenters. The molecule has 2 aromatic carbocycles. The highest BCUT2D eigenvalue weighted by molar-refractivity contribution is 5.89. The second-order valence-corrected chi connectivity index (χ2v) is 9.51. The fourth-order valence-corrected chi connectivity index (χ4v) is 5.02. The van der Waals surface area contributed by atoms with Crippen molar-refractivity contribution >= 4 is 22.8 Å². The van der Waals surface area contributed by atoms with Gasteiger partial charge < -0.3 is 24.5 Å². The van der Waals surface area contributed by atoms with E-state index in [2.05, 4.69) is 15.6 Å². The Kier molecular flexibility index (Phi) is 7.57. The maximum Gasteiger partial charge on any atom is 0.247 e. The van der Waals surface area contributed by atoms with E-state index in [9.17, 15) is 14.7 Å². The number of nitrogens with one attached hydrogen (secondary N) is 1. The summed E-state index contributed by atoms with van der Waals surface area (Å²) in [7, 11) is 1.46. The van der Waals surface area contributed by atoms with Crippen LogP contribution >= 0.6 is 0 Å². The molecule has 0 aliphatic heterocycles. The van der Waals surface area contributed by atoms with Crippen LogP contribution < -0.4 is 10.1 Å². The van der Waals surface area contributed by atoms with Crippen LogP contribution in [0.25, 0.3) is 11.0 Å². The number of benzene rings is 2. The minimum Gasteiger partial charge on any atom is -0.504 e. The summed E-state index contributed by atoms with van der Waals surface area (Å²) in [5, 5.41) is 22.0. The van der Waals surface area contributed by atoms with Gasteiger partial charge in [-0.05, 0) is 54.8 Å². The minimum absolute atomic E-state index is 0.0328. The van der Waals surface area contributed by atoms with Crippen LogP contribution in [-0.2, 0) is 22.7 Å². The van der Waals surface area contributed by atoms with Crippen LogP contribution in [0.3, 0.4) is 0 Å². The number of phenolic OH excluding ortho intramolecular Hbond substituents is 1. The normalized spacial score (nSPS) is 14.8. The summed E-state index contributed by atoms with van der Waals surface area (Å²) in [4.78, 5) is 29.3. The summed E-state index contributed by atoms with van der Waals surface area (Å²) in [5.41, 5.74) is 1.84. The van der Waals surface area contributed by atoms with Gasteiger partial charge in [-0.1, -0.05) is 42.7 Å². The van der Waals surface area contributed by atoms with Crippen LogP contribution in [0, 0.1) is 0 Å². The molecule has 2 aromatic heterocycles. The molecule has 10 heteroatoms. The highest BCUT2D eigenvalue weighted by atomic mass is 16.5. The van der Waals surface area contributed by atoms with Gasteiger partial charge in [0, 0.05) is 6.04 Å². The molecule has 0 radical (unpaired) electrons. The third kappa shape index (κ3) is 5.49. The van der Waals surface area contributed by atoms with Gasteiger partial charge in [-0.2, -0.15) is 0 Å². The summed E-state index contributed by atoms with van der Waals surface area (Å²) in [6.45, 7) is -0.0788. The van der Waals surface area contributed by atoms with E-state index in [0.29, 0.717) is 22.4 Å². The topological polar surface area (TPSA) is 123 Å². The Morgan fingerprint density at radius 1 is 1.16 bits per heavy atom. The molecule has 0 spiro atoms. The maximum absolute atomic E-state index is 13.9. The van der Waals surface area contributed by atoms with Crippen LogP contribution in [0.2, 0.25) is 0 Å². The number of rotatable bonds is 9. The number of hydrogen-bond acceptors (Lipinski definition) is 7. The zero-order chi connectivity index (χ0) is 26.5. The summed E-state index contributed by atoms with van der Waals surface area (Å²) in [5.74, 6) is 0.0160. The number of nitrogens with zero attached hydrogens (tertiary/aromatic N) is 4. The summed E-state index contributed by atoms with van der Waals surface area (Å²) in [6, 6.07) is 14.6. The van der Waals surface area contributed by atoms with E-state index in [0.717, 1.165) is 32.1 Å². The first-order valence-corrected chi connectivity index (χ1v) is 12.8. The molecule has 0 unspecified atom stereocenters. The minimum atomic E-state index is -1.03. The number of aromatic hydroxyl groups is 1. The SMILES string of the molecule is COc1ccc([C@@H](C(=O)NC2CCCCC2)N(Cc2ccco2)C(=O)Cn2nnc3ccccc32)cc1O. The van der Waals surface area contributed by atoms with Crippen molar-refractivity contribution in [2.75, 3.05) is 7.11 Å². The van der Waals surface area contributed by atoms with Gasteiger partial charge in [-0.25, -0.2) is 4.68 Å². The van der Waals surface area contributed by atoms with E-state index in [1.165, 1.54) is 29.0 Å². The standard InChI is InChI=1S/C28H31N5O5/c1-37-25-14-13-19(16-24(25)34)27(28(36)29-20-8-3-2-4-9-20)32(17-21-10-7-15-38-21)26(35)18-33-23-12-6-5-11-22(23)30-31-33/h5-7,10-16,20,27,34H,2-4,8-9,17-18H2,1H3,(H,29,36)/t27-/m0/s1. The van der Waals surface area contributed by atoms with E-state index in [1.807, 2.05) is 24.3 Å². The number of aromatic nitrogens is 3. The number of carbonyl (C=O) groups is 2. The second kappa shape index (κ2) is 11.4. The molecule has 1 fully saturated rings. The number of furan rings is 1. The van der Waals surface area contributed by atoms with E-state index >= 15 is 0 Å². The number of carbonyl (C=O) groups excluding carboxylic acids is 2. The van der Waals surface area contributed by atoms with Gasteiger partial charge in [-0.15, -0.1) is 5.10 Å². The molecule has 2 heterocycles. The number of amides is 2. The Morgan fingerprint density at radius 2 is 1.97 bits per heavy atom. The van der Waals surface area contributed by atoms with Crippen molar-refractivity contribution in [3.05, 3.63) is 72.2 Å². The lowest BCUT2D eigenvalue weighted by Gasteiger charge is -2.33. The predicted octanol–water partition coefficient (Wildman–Crippen LogP) is 3.96. The highest BCUT2D eigenvalue weighted by Gasteiger charge is 2.34. The van der Waals surface area contributed by atoms with Crippen molar-refractivity contribution < 1.29 is 23.8 Å². The first-order valence-electron chi connectivity index (χ1n) is 12.8. The molecule has 4 aromatic rings. The average Bonchev–Trinajstić information content (AvgIpc) is 3.59. The molecule has 0 saturated heterocycles. The largest absolute Gasteiger partial charge is 0.504 e. The fourth-order valence-electron chi connectivity index (χ4n) is 5.02. The molecule has 1 aliphatic rings. The lowest BCUT2D eigenvalue weighted by Crippen LogP contribution is -2.47. The molecular formula is C28H31N5O5. The Morgan fingerprint density at radius 3 is 2.71 bits per heavy atom. The van der Waals surface area contributed by atoms with Gasteiger partial charge in [0.15, 0.2) is 11.5 Å². The number of para-hydroxylation sites is 1.